The molecule has 1 fully saturated rings. The fourth-order valence-corrected chi connectivity index (χ4v) is 2.78. The summed E-state index contributed by atoms with van der Waals surface area (Å²) in [6, 6.07) is 0. The van der Waals surface area contributed by atoms with Crippen molar-refractivity contribution in [2.45, 2.75) is 39.5 Å². The van der Waals surface area contributed by atoms with Gasteiger partial charge in [0.2, 0.25) is 0 Å². The summed E-state index contributed by atoms with van der Waals surface area (Å²) in [4.78, 5) is 10.8. The van der Waals surface area contributed by atoms with Crippen molar-refractivity contribution in [1.82, 2.24) is 10.2 Å². The molecule has 2 atom stereocenters. The maximum atomic E-state index is 13.5. The van der Waals surface area contributed by atoms with Crippen molar-refractivity contribution in [1.29, 1.82) is 0 Å². The summed E-state index contributed by atoms with van der Waals surface area (Å²) in [5.74, 6) is -4.57. The van der Waals surface area contributed by atoms with E-state index in [1.165, 1.54) is 0 Å². The van der Waals surface area contributed by atoms with Crippen molar-refractivity contribution in [3.63, 3.8) is 0 Å². The first-order valence-electron chi connectivity index (χ1n) is 6.05. The third-order valence-electron chi connectivity index (χ3n) is 3.99. The van der Waals surface area contributed by atoms with Crippen LogP contribution in [0.1, 0.15) is 42.5 Å². The Bertz CT molecular complexity index is 498. The van der Waals surface area contributed by atoms with Crippen LogP contribution in [0.4, 0.5) is 8.78 Å². The van der Waals surface area contributed by atoms with Gasteiger partial charge in [-0.1, -0.05) is 20.8 Å². The molecule has 2 N–H and O–H groups in total. The molecule has 0 bridgehead atoms. The predicted molar refractivity (Wildman–Crippen MR) is 60.8 cm³/mol. The molecule has 0 aliphatic heterocycles. The number of aromatic carboxylic acids is 1. The van der Waals surface area contributed by atoms with Crippen molar-refractivity contribution in [3.05, 3.63) is 17.0 Å². The lowest BCUT2D eigenvalue weighted by Crippen LogP contribution is -2.15. The highest BCUT2D eigenvalue weighted by Gasteiger charge is 2.78. The fraction of sp³-hybridized carbons (Fsp3) is 0.667. The molecule has 0 spiro atoms. The molecule has 6 heteroatoms. The zero-order valence-corrected chi connectivity index (χ0v) is 10.6. The van der Waals surface area contributed by atoms with Gasteiger partial charge in [-0.25, -0.2) is 13.6 Å². The van der Waals surface area contributed by atoms with E-state index in [2.05, 4.69) is 10.2 Å². The van der Waals surface area contributed by atoms with Crippen LogP contribution in [0.25, 0.3) is 0 Å². The Labute approximate surface area is 103 Å². The van der Waals surface area contributed by atoms with Gasteiger partial charge in [-0.05, 0) is 6.42 Å². The van der Waals surface area contributed by atoms with Crippen LogP contribution in [0.3, 0.4) is 0 Å². The second kappa shape index (κ2) is 3.76. The fourth-order valence-electron chi connectivity index (χ4n) is 2.78. The Hall–Kier alpha value is -1.46. The maximum absolute atomic E-state index is 13.5. The Morgan fingerprint density at radius 3 is 2.67 bits per heavy atom. The van der Waals surface area contributed by atoms with Crippen LogP contribution in [0, 0.1) is 11.3 Å². The molecule has 1 aromatic heterocycles. The molecular formula is C12H16F2N2O2. The van der Waals surface area contributed by atoms with Gasteiger partial charge in [-0.2, -0.15) is 5.10 Å². The monoisotopic (exact) mass is 258 g/mol. The first-order chi connectivity index (χ1) is 8.38. The van der Waals surface area contributed by atoms with Gasteiger partial charge in [0.25, 0.3) is 5.92 Å². The van der Waals surface area contributed by atoms with E-state index in [1.54, 1.807) is 6.92 Å². The second-order valence-corrected chi connectivity index (χ2v) is 4.81. The Morgan fingerprint density at radius 2 is 2.11 bits per heavy atom. The van der Waals surface area contributed by atoms with Gasteiger partial charge >= 0.3 is 5.97 Å². The minimum absolute atomic E-state index is 0.108. The molecule has 1 aromatic rings. The largest absolute Gasteiger partial charge is 0.476 e. The number of hydrogen-bond donors (Lipinski definition) is 2. The van der Waals surface area contributed by atoms with Crippen molar-refractivity contribution in [2.75, 3.05) is 0 Å². The summed E-state index contributed by atoms with van der Waals surface area (Å²) in [6.45, 7) is 5.54. The van der Waals surface area contributed by atoms with E-state index in [4.69, 9.17) is 5.11 Å². The molecule has 100 valence electrons. The minimum atomic E-state index is -2.68. The lowest BCUT2D eigenvalue weighted by Gasteiger charge is -2.14. The second-order valence-electron chi connectivity index (χ2n) is 4.81. The van der Waals surface area contributed by atoms with Crippen LogP contribution in [0.5, 0.6) is 0 Å². The summed E-state index contributed by atoms with van der Waals surface area (Å²) < 4.78 is 27.0. The number of nitrogens with one attached hydrogen (secondary N) is 1. The average molecular weight is 258 g/mol. The Balaban J connectivity index is 0.000000574. The van der Waals surface area contributed by atoms with Gasteiger partial charge in [0.05, 0.1) is 0 Å². The van der Waals surface area contributed by atoms with E-state index < -0.39 is 23.2 Å². The quantitative estimate of drug-likeness (QED) is 0.813. The molecule has 1 unspecified atom stereocenters. The van der Waals surface area contributed by atoms with E-state index >= 15 is 0 Å². The summed E-state index contributed by atoms with van der Waals surface area (Å²) in [6.07, 6.45) is 0.289. The van der Waals surface area contributed by atoms with Crippen molar-refractivity contribution >= 4 is 5.97 Å². The molecule has 18 heavy (non-hydrogen) atoms. The van der Waals surface area contributed by atoms with Crippen molar-refractivity contribution in [2.24, 2.45) is 11.3 Å². The summed E-state index contributed by atoms with van der Waals surface area (Å²) in [5.41, 5.74) is -0.123. The zero-order valence-electron chi connectivity index (χ0n) is 10.6. The standard InChI is InChI=1S/C10H10F2N2O2.C2H6/c1-9-3-5-4(2-6(9)10(9,11)12)7(8(15)16)14-13-5;1-2/h6H,2-3H2,1H3,(H,13,14)(H,15,16);1-2H3/t6-,9?;/m0./s1. The van der Waals surface area contributed by atoms with Gasteiger partial charge in [0, 0.05) is 29.0 Å². The third kappa shape index (κ3) is 1.41. The molecule has 0 radical (unpaired) electrons. The number of carbonyl (C=O) groups is 1. The van der Waals surface area contributed by atoms with Crippen LogP contribution in [0.15, 0.2) is 0 Å². The van der Waals surface area contributed by atoms with E-state index in [0.29, 0.717) is 11.3 Å². The first-order valence-corrected chi connectivity index (χ1v) is 6.05. The third-order valence-corrected chi connectivity index (χ3v) is 3.99. The zero-order chi connectivity index (χ0) is 13.7. The SMILES string of the molecule is CC.CC12Cc3[nH]nc(C(=O)O)c3C[C@@H]1C2(F)F. The van der Waals surface area contributed by atoms with Crippen LogP contribution >= 0.6 is 0 Å². The van der Waals surface area contributed by atoms with Gasteiger partial charge in [-0.15, -0.1) is 0 Å². The van der Waals surface area contributed by atoms with E-state index in [-0.39, 0.29) is 18.5 Å². The predicted octanol–water partition coefficient (Wildman–Crippen LogP) is 2.50. The molecule has 2 aliphatic rings. The highest BCUT2D eigenvalue weighted by molar-refractivity contribution is 5.87. The van der Waals surface area contributed by atoms with Crippen molar-refractivity contribution < 1.29 is 18.7 Å². The number of rotatable bonds is 1. The molecule has 0 saturated heterocycles. The number of alkyl halides is 2. The molecule has 1 heterocycles. The highest BCUT2D eigenvalue weighted by Crippen LogP contribution is 2.70. The number of carboxylic acid groups (broad SMARTS) is 1. The van der Waals surface area contributed by atoms with E-state index in [9.17, 15) is 13.6 Å². The van der Waals surface area contributed by atoms with E-state index in [0.717, 1.165) is 0 Å². The van der Waals surface area contributed by atoms with Gasteiger partial charge in [0.15, 0.2) is 5.69 Å². The van der Waals surface area contributed by atoms with Crippen molar-refractivity contribution in [3.8, 4) is 0 Å². The number of carboxylic acids is 1. The molecule has 3 rings (SSSR count). The normalized spacial score (nSPS) is 30.6. The minimum Gasteiger partial charge on any atom is -0.476 e. The van der Waals surface area contributed by atoms with Crippen LogP contribution < -0.4 is 0 Å². The summed E-state index contributed by atoms with van der Waals surface area (Å²) >= 11 is 0. The van der Waals surface area contributed by atoms with Crippen LogP contribution in [0.2, 0.25) is 0 Å². The first kappa shape index (κ1) is 13.0. The smallest absolute Gasteiger partial charge is 0.356 e. The topological polar surface area (TPSA) is 66.0 Å². The van der Waals surface area contributed by atoms with Gasteiger partial charge < -0.3 is 5.11 Å². The van der Waals surface area contributed by atoms with Crippen LogP contribution in [-0.4, -0.2) is 27.2 Å². The van der Waals surface area contributed by atoms with Gasteiger partial charge in [-0.3, -0.25) is 5.10 Å². The number of H-pyrrole nitrogens is 1. The number of aromatic amines is 1. The maximum Gasteiger partial charge on any atom is 0.356 e. The lowest BCUT2D eigenvalue weighted by atomic mass is 9.88. The average Bonchev–Trinajstić information content (AvgIpc) is 2.66. The number of fused-ring (bicyclic) bond motifs is 2. The molecule has 0 aromatic carbocycles. The Kier molecular flexibility index (Phi) is 2.72. The molecular weight excluding hydrogens is 242 g/mol. The lowest BCUT2D eigenvalue weighted by molar-refractivity contribution is 0.0627. The van der Waals surface area contributed by atoms with E-state index in [1.807, 2.05) is 13.8 Å². The molecule has 2 aliphatic carbocycles. The van der Waals surface area contributed by atoms with Gasteiger partial charge in [0.1, 0.15) is 0 Å². The number of nitrogens with zero attached hydrogens (tertiary/aromatic N) is 1. The Morgan fingerprint density at radius 1 is 1.50 bits per heavy atom. The molecule has 1 saturated carbocycles. The number of hydrogen-bond acceptors (Lipinski definition) is 2. The highest BCUT2D eigenvalue weighted by atomic mass is 19.3. The van der Waals surface area contributed by atoms with Crippen LogP contribution in [-0.2, 0) is 12.8 Å². The number of aromatic nitrogens is 2. The molecule has 0 amide bonds. The summed E-state index contributed by atoms with van der Waals surface area (Å²) in [5, 5.41) is 15.1. The molecule has 4 nitrogen and oxygen atoms in total. The summed E-state index contributed by atoms with van der Waals surface area (Å²) in [7, 11) is 0. The number of halogens is 2.